The summed E-state index contributed by atoms with van der Waals surface area (Å²) in [5, 5.41) is 2.94. The van der Waals surface area contributed by atoms with Gasteiger partial charge in [-0.3, -0.25) is 9.59 Å². The third kappa shape index (κ3) is 4.97. The van der Waals surface area contributed by atoms with Crippen LogP contribution in [0.5, 0.6) is 0 Å². The van der Waals surface area contributed by atoms with Crippen molar-refractivity contribution in [2.75, 3.05) is 13.1 Å². The van der Waals surface area contributed by atoms with Crippen LogP contribution in [0.1, 0.15) is 36.5 Å². The highest BCUT2D eigenvalue weighted by atomic mass is 19.1. The molecule has 0 aliphatic carbocycles. The lowest BCUT2D eigenvalue weighted by atomic mass is 9.80. The summed E-state index contributed by atoms with van der Waals surface area (Å²) in [7, 11) is 0. The molecule has 0 unspecified atom stereocenters. The average Bonchev–Trinajstić information content (AvgIpc) is 2.69. The van der Waals surface area contributed by atoms with E-state index in [1.54, 1.807) is 17.0 Å². The van der Waals surface area contributed by atoms with E-state index in [1.165, 1.54) is 17.7 Å². The van der Waals surface area contributed by atoms with Crippen molar-refractivity contribution in [2.45, 2.75) is 39.7 Å². The first-order valence-electron chi connectivity index (χ1n) is 9.72. The highest BCUT2D eigenvalue weighted by Crippen LogP contribution is 2.30. The van der Waals surface area contributed by atoms with Gasteiger partial charge >= 0.3 is 0 Å². The fraction of sp³-hybridized carbons (Fsp3) is 0.391. The molecule has 1 fully saturated rings. The summed E-state index contributed by atoms with van der Waals surface area (Å²) >= 11 is 0. The van der Waals surface area contributed by atoms with Crippen LogP contribution in [0, 0.1) is 18.2 Å². The van der Waals surface area contributed by atoms with Crippen LogP contribution in [0.15, 0.2) is 48.5 Å². The second-order valence-electron chi connectivity index (χ2n) is 7.95. The summed E-state index contributed by atoms with van der Waals surface area (Å²) in [6, 6.07) is 14.1. The van der Waals surface area contributed by atoms with Crippen LogP contribution in [0.4, 0.5) is 4.39 Å². The number of benzene rings is 2. The Morgan fingerprint density at radius 3 is 2.39 bits per heavy atom. The molecule has 3 rings (SSSR count). The smallest absolute Gasteiger partial charge is 0.227 e. The Hall–Kier alpha value is -2.69. The molecule has 0 radical (unpaired) electrons. The van der Waals surface area contributed by atoms with Crippen LogP contribution in [0.3, 0.4) is 0 Å². The quantitative estimate of drug-likeness (QED) is 0.859. The van der Waals surface area contributed by atoms with E-state index >= 15 is 0 Å². The minimum atomic E-state index is -0.610. The summed E-state index contributed by atoms with van der Waals surface area (Å²) in [6.45, 7) is 5.40. The molecule has 1 saturated heterocycles. The number of hydrogen-bond acceptors (Lipinski definition) is 2. The van der Waals surface area contributed by atoms with Gasteiger partial charge in [-0.25, -0.2) is 4.39 Å². The number of likely N-dealkylation sites (tertiary alicyclic amines) is 1. The Balaban J connectivity index is 1.58. The van der Waals surface area contributed by atoms with E-state index in [4.69, 9.17) is 0 Å². The van der Waals surface area contributed by atoms with Gasteiger partial charge in [0, 0.05) is 19.6 Å². The fourth-order valence-corrected chi connectivity index (χ4v) is 3.63. The van der Waals surface area contributed by atoms with Gasteiger partial charge in [-0.15, -0.1) is 0 Å². The van der Waals surface area contributed by atoms with Gasteiger partial charge in [-0.1, -0.05) is 42.0 Å². The monoisotopic (exact) mass is 382 g/mol. The van der Waals surface area contributed by atoms with Gasteiger partial charge in [0.15, 0.2) is 0 Å². The molecule has 28 heavy (non-hydrogen) atoms. The minimum absolute atomic E-state index is 0.0566. The number of halogens is 1. The topological polar surface area (TPSA) is 49.4 Å². The molecule has 2 amide bonds. The number of carbonyl (C=O) groups is 2. The van der Waals surface area contributed by atoms with Gasteiger partial charge in [0.2, 0.25) is 11.8 Å². The summed E-state index contributed by atoms with van der Waals surface area (Å²) in [5.74, 6) is -0.303. The normalized spacial score (nSPS) is 19.3. The maximum Gasteiger partial charge on any atom is 0.227 e. The molecule has 1 aliphatic rings. The third-order valence-corrected chi connectivity index (χ3v) is 5.44. The zero-order chi connectivity index (χ0) is 20.1. The van der Waals surface area contributed by atoms with Crippen molar-refractivity contribution in [3.8, 4) is 0 Å². The molecule has 0 spiro atoms. The number of nitrogens with one attached hydrogen (secondary N) is 1. The zero-order valence-electron chi connectivity index (χ0n) is 16.5. The molecule has 1 atom stereocenters. The van der Waals surface area contributed by atoms with E-state index in [1.807, 2.05) is 38.1 Å². The first-order valence-corrected chi connectivity index (χ1v) is 9.72. The number of amides is 2. The second-order valence-corrected chi connectivity index (χ2v) is 7.95. The van der Waals surface area contributed by atoms with Gasteiger partial charge in [-0.2, -0.15) is 0 Å². The van der Waals surface area contributed by atoms with E-state index in [2.05, 4.69) is 5.32 Å². The number of carbonyl (C=O) groups excluding carboxylic acids is 2. The SMILES string of the molecule is Cc1ccc(CC(=O)N2CCC[C@@](C)(C(=O)NCc3ccc(F)cc3)C2)cc1. The number of aryl methyl sites for hydroxylation is 1. The molecular weight excluding hydrogens is 355 g/mol. The van der Waals surface area contributed by atoms with Crippen molar-refractivity contribution < 1.29 is 14.0 Å². The lowest BCUT2D eigenvalue weighted by Crippen LogP contribution is -2.52. The Labute approximate surface area is 165 Å². The maximum absolute atomic E-state index is 13.0. The number of nitrogens with zero attached hydrogens (tertiary/aromatic N) is 1. The molecule has 2 aromatic carbocycles. The van der Waals surface area contributed by atoms with Gasteiger partial charge in [0.05, 0.1) is 11.8 Å². The molecule has 1 heterocycles. The molecule has 0 saturated carbocycles. The third-order valence-electron chi connectivity index (χ3n) is 5.44. The predicted octanol–water partition coefficient (Wildman–Crippen LogP) is 3.62. The van der Waals surface area contributed by atoms with Crippen LogP contribution in [-0.2, 0) is 22.6 Å². The molecule has 0 bridgehead atoms. The van der Waals surface area contributed by atoms with E-state index in [0.29, 0.717) is 26.1 Å². The first-order chi connectivity index (χ1) is 13.4. The van der Waals surface area contributed by atoms with Crippen LogP contribution >= 0.6 is 0 Å². The highest BCUT2D eigenvalue weighted by molar-refractivity contribution is 5.84. The fourth-order valence-electron chi connectivity index (χ4n) is 3.63. The maximum atomic E-state index is 13.0. The van der Waals surface area contributed by atoms with Crippen molar-refractivity contribution in [1.29, 1.82) is 0 Å². The average molecular weight is 382 g/mol. The molecule has 0 aromatic heterocycles. The van der Waals surface area contributed by atoms with E-state index in [0.717, 1.165) is 24.0 Å². The van der Waals surface area contributed by atoms with E-state index in [9.17, 15) is 14.0 Å². The number of rotatable bonds is 5. The number of piperidine rings is 1. The summed E-state index contributed by atoms with van der Waals surface area (Å²) in [6.07, 6.45) is 1.91. The number of hydrogen-bond donors (Lipinski definition) is 1. The van der Waals surface area contributed by atoms with Gasteiger partial charge in [0.25, 0.3) is 0 Å². The Morgan fingerprint density at radius 1 is 1.07 bits per heavy atom. The summed E-state index contributed by atoms with van der Waals surface area (Å²) in [5.41, 5.74) is 2.39. The van der Waals surface area contributed by atoms with Gasteiger partial charge < -0.3 is 10.2 Å². The molecule has 1 aliphatic heterocycles. The largest absolute Gasteiger partial charge is 0.351 e. The Kier molecular flexibility index (Phi) is 6.12. The zero-order valence-corrected chi connectivity index (χ0v) is 16.5. The van der Waals surface area contributed by atoms with Crippen LogP contribution in [0.25, 0.3) is 0 Å². The molecule has 2 aromatic rings. The van der Waals surface area contributed by atoms with Crippen molar-refractivity contribution in [2.24, 2.45) is 5.41 Å². The van der Waals surface area contributed by atoms with Crippen LogP contribution < -0.4 is 5.32 Å². The lowest BCUT2D eigenvalue weighted by molar-refractivity contribution is -0.140. The summed E-state index contributed by atoms with van der Waals surface area (Å²) in [4.78, 5) is 27.3. The van der Waals surface area contributed by atoms with Gasteiger partial charge in [0.1, 0.15) is 5.82 Å². The van der Waals surface area contributed by atoms with E-state index in [-0.39, 0.29) is 17.6 Å². The minimum Gasteiger partial charge on any atom is -0.351 e. The van der Waals surface area contributed by atoms with Crippen molar-refractivity contribution >= 4 is 11.8 Å². The van der Waals surface area contributed by atoms with Crippen molar-refractivity contribution in [1.82, 2.24) is 10.2 Å². The predicted molar refractivity (Wildman–Crippen MR) is 107 cm³/mol. The Bertz CT molecular complexity index is 833. The lowest BCUT2D eigenvalue weighted by Gasteiger charge is -2.39. The van der Waals surface area contributed by atoms with E-state index < -0.39 is 5.41 Å². The first kappa shape index (κ1) is 20.1. The standard InChI is InChI=1S/C23H27FN2O2/c1-17-4-6-18(7-5-17)14-21(27)26-13-3-12-23(2,16-26)22(28)25-15-19-8-10-20(24)11-9-19/h4-11H,3,12-16H2,1-2H3,(H,25,28)/t23-/m1/s1. The molecule has 148 valence electrons. The molecule has 5 heteroatoms. The van der Waals surface area contributed by atoms with Crippen molar-refractivity contribution in [3.63, 3.8) is 0 Å². The summed E-state index contributed by atoms with van der Waals surface area (Å²) < 4.78 is 13.0. The second kappa shape index (κ2) is 8.55. The Morgan fingerprint density at radius 2 is 1.71 bits per heavy atom. The molecule has 4 nitrogen and oxygen atoms in total. The molecular formula is C23H27FN2O2. The van der Waals surface area contributed by atoms with Crippen LogP contribution in [0.2, 0.25) is 0 Å². The van der Waals surface area contributed by atoms with Crippen LogP contribution in [-0.4, -0.2) is 29.8 Å². The van der Waals surface area contributed by atoms with Gasteiger partial charge in [-0.05, 0) is 49.9 Å². The molecule has 1 N–H and O–H groups in total. The highest BCUT2D eigenvalue weighted by Gasteiger charge is 2.39. The van der Waals surface area contributed by atoms with Crippen molar-refractivity contribution in [3.05, 3.63) is 71.0 Å².